The van der Waals surface area contributed by atoms with Crippen LogP contribution in [0.2, 0.25) is 0 Å². The van der Waals surface area contributed by atoms with Crippen LogP contribution >= 0.6 is 0 Å². The van der Waals surface area contributed by atoms with Crippen LogP contribution in [0.5, 0.6) is 6.01 Å². The molecule has 36 heavy (non-hydrogen) atoms. The van der Waals surface area contributed by atoms with E-state index in [4.69, 9.17) is 9.47 Å². The van der Waals surface area contributed by atoms with Gasteiger partial charge in [0.15, 0.2) is 5.65 Å². The number of carbonyl (C=O) groups is 1. The number of hydrogen-bond acceptors (Lipinski definition) is 8. The lowest BCUT2D eigenvalue weighted by molar-refractivity contribution is 0.0634. The third-order valence-corrected chi connectivity index (χ3v) is 5.88. The lowest BCUT2D eigenvalue weighted by Gasteiger charge is -2.19. The number of likely N-dealkylation sites (tertiary alicyclic amines) is 1. The first-order valence-corrected chi connectivity index (χ1v) is 12.6. The summed E-state index contributed by atoms with van der Waals surface area (Å²) in [5.74, 6) is 0.0991. The first-order valence-electron chi connectivity index (χ1n) is 12.6. The van der Waals surface area contributed by atoms with E-state index in [9.17, 15) is 9.90 Å². The second-order valence-electron chi connectivity index (χ2n) is 10.1. The highest BCUT2D eigenvalue weighted by Gasteiger charge is 2.23. The van der Waals surface area contributed by atoms with Crippen LogP contribution in [-0.2, 0) is 11.3 Å². The molecular weight excluding hydrogens is 460 g/mol. The molecule has 10 heteroatoms. The average molecular weight is 497 g/mol. The van der Waals surface area contributed by atoms with Crippen molar-refractivity contribution in [3.8, 4) is 6.01 Å². The molecular formula is C26H36N6O4. The molecule has 2 N–H and O–H groups in total. The summed E-state index contributed by atoms with van der Waals surface area (Å²) in [6.07, 6.45) is 4.15. The van der Waals surface area contributed by atoms with Crippen LogP contribution in [0.1, 0.15) is 76.2 Å². The number of benzene rings is 1. The maximum atomic E-state index is 12.5. The minimum Gasteiger partial charge on any atom is -0.463 e. The first-order chi connectivity index (χ1) is 17.2. The zero-order valence-electron chi connectivity index (χ0n) is 21.5. The van der Waals surface area contributed by atoms with E-state index in [2.05, 4.69) is 38.3 Å². The van der Waals surface area contributed by atoms with Gasteiger partial charge in [0, 0.05) is 6.54 Å². The summed E-state index contributed by atoms with van der Waals surface area (Å²) in [5, 5.41) is 18.3. The van der Waals surface area contributed by atoms with Crippen molar-refractivity contribution in [1.82, 2.24) is 24.5 Å². The van der Waals surface area contributed by atoms with E-state index in [1.54, 1.807) is 20.8 Å². The molecule has 4 rings (SSSR count). The van der Waals surface area contributed by atoms with E-state index in [1.807, 2.05) is 18.2 Å². The van der Waals surface area contributed by atoms with Crippen LogP contribution in [0.15, 0.2) is 30.5 Å². The number of nitrogens with zero attached hydrogens (tertiary/aromatic N) is 5. The standard InChI is InChI=1S/C26H36N6O4/c1-5-6-14-35-24-28-22-20(16-27-32(22)23(29-24)30-25(34)36-26(2,3)4)21(33)19-11-9-10-18(15-19)17-31-12-7-8-13-31/h9-11,15-16,21,33H,5-8,12-14,17H2,1-4H3,(H,28,29,30,34). The third-order valence-electron chi connectivity index (χ3n) is 5.88. The second kappa shape index (κ2) is 11.2. The molecule has 0 bridgehead atoms. The number of nitrogens with one attached hydrogen (secondary N) is 1. The summed E-state index contributed by atoms with van der Waals surface area (Å²) in [6, 6.07) is 8.04. The highest BCUT2D eigenvalue weighted by atomic mass is 16.6. The number of fused-ring (bicyclic) bond motifs is 1. The predicted molar refractivity (Wildman–Crippen MR) is 136 cm³/mol. The van der Waals surface area contributed by atoms with Crippen LogP contribution < -0.4 is 10.1 Å². The monoisotopic (exact) mass is 496 g/mol. The molecule has 0 aliphatic carbocycles. The van der Waals surface area contributed by atoms with Crippen LogP contribution in [0.3, 0.4) is 0 Å². The number of ether oxygens (including phenoxy) is 2. The number of aliphatic hydroxyl groups is 1. The zero-order valence-corrected chi connectivity index (χ0v) is 21.5. The molecule has 1 saturated heterocycles. The molecule has 2 aromatic heterocycles. The van der Waals surface area contributed by atoms with E-state index < -0.39 is 17.8 Å². The molecule has 1 amide bonds. The Kier molecular flexibility index (Phi) is 8.05. The Morgan fingerprint density at radius 1 is 1.22 bits per heavy atom. The minimum atomic E-state index is -0.964. The Hall–Kier alpha value is -3.24. The van der Waals surface area contributed by atoms with Gasteiger partial charge in [-0.25, -0.2) is 4.79 Å². The summed E-state index contributed by atoms with van der Waals surface area (Å²) in [4.78, 5) is 23.7. The quantitative estimate of drug-likeness (QED) is 0.421. The third kappa shape index (κ3) is 6.50. The van der Waals surface area contributed by atoms with Gasteiger partial charge in [0.25, 0.3) is 0 Å². The number of anilines is 1. The zero-order chi connectivity index (χ0) is 25.7. The molecule has 1 unspecified atom stereocenters. The maximum Gasteiger partial charge on any atom is 0.414 e. The van der Waals surface area contributed by atoms with Crippen LogP contribution in [0, 0.1) is 0 Å². The number of hydrogen-bond donors (Lipinski definition) is 2. The SMILES string of the molecule is CCCCOc1nc(NC(=O)OC(C)(C)C)n2ncc(C(O)c3cccc(CN4CCCC4)c3)c2n1. The fourth-order valence-corrected chi connectivity index (χ4v) is 4.16. The van der Waals surface area contributed by atoms with E-state index in [-0.39, 0.29) is 12.0 Å². The molecule has 1 atom stereocenters. The Morgan fingerprint density at radius 3 is 2.72 bits per heavy atom. The van der Waals surface area contributed by atoms with E-state index in [0.717, 1.165) is 43.6 Å². The van der Waals surface area contributed by atoms with Crippen molar-refractivity contribution in [2.24, 2.45) is 0 Å². The van der Waals surface area contributed by atoms with Gasteiger partial charge in [-0.15, -0.1) is 0 Å². The highest BCUT2D eigenvalue weighted by Crippen LogP contribution is 2.28. The average Bonchev–Trinajstić information content (AvgIpc) is 3.48. The van der Waals surface area contributed by atoms with Gasteiger partial charge in [-0.3, -0.25) is 10.2 Å². The van der Waals surface area contributed by atoms with Crippen molar-refractivity contribution in [3.05, 3.63) is 47.2 Å². The van der Waals surface area contributed by atoms with Gasteiger partial charge < -0.3 is 14.6 Å². The molecule has 3 aromatic rings. The van der Waals surface area contributed by atoms with Crippen molar-refractivity contribution >= 4 is 17.7 Å². The van der Waals surface area contributed by atoms with Crippen molar-refractivity contribution in [1.29, 1.82) is 0 Å². The van der Waals surface area contributed by atoms with Crippen molar-refractivity contribution < 1.29 is 19.4 Å². The topological polar surface area (TPSA) is 114 Å². The Bertz CT molecular complexity index is 1180. The van der Waals surface area contributed by atoms with Gasteiger partial charge in [-0.1, -0.05) is 37.6 Å². The number of amides is 1. The summed E-state index contributed by atoms with van der Waals surface area (Å²) in [6.45, 7) is 10.9. The number of aliphatic hydroxyl groups excluding tert-OH is 1. The van der Waals surface area contributed by atoms with E-state index in [1.165, 1.54) is 23.6 Å². The van der Waals surface area contributed by atoms with E-state index in [0.29, 0.717) is 17.8 Å². The van der Waals surface area contributed by atoms with Crippen molar-refractivity contribution in [3.63, 3.8) is 0 Å². The van der Waals surface area contributed by atoms with Gasteiger partial charge >= 0.3 is 12.1 Å². The van der Waals surface area contributed by atoms with Gasteiger partial charge in [0.2, 0.25) is 5.95 Å². The molecule has 0 spiro atoms. The van der Waals surface area contributed by atoms with Gasteiger partial charge in [-0.05, 0) is 64.3 Å². The smallest absolute Gasteiger partial charge is 0.414 e. The Labute approximate surface area is 211 Å². The van der Waals surface area contributed by atoms with Crippen molar-refractivity contribution in [2.75, 3.05) is 25.0 Å². The normalized spacial score (nSPS) is 15.2. The highest BCUT2D eigenvalue weighted by molar-refractivity contribution is 5.83. The van der Waals surface area contributed by atoms with Gasteiger partial charge in [0.1, 0.15) is 11.7 Å². The summed E-state index contributed by atoms with van der Waals surface area (Å²) < 4.78 is 12.5. The maximum absolute atomic E-state index is 12.5. The summed E-state index contributed by atoms with van der Waals surface area (Å²) >= 11 is 0. The molecule has 1 aromatic carbocycles. The number of aromatic nitrogens is 4. The van der Waals surface area contributed by atoms with Gasteiger partial charge in [0.05, 0.1) is 18.4 Å². The molecule has 1 aliphatic heterocycles. The van der Waals surface area contributed by atoms with Crippen LogP contribution in [0.4, 0.5) is 10.7 Å². The first kappa shape index (κ1) is 25.8. The molecule has 194 valence electrons. The fraction of sp³-hybridized carbons (Fsp3) is 0.538. The fourth-order valence-electron chi connectivity index (χ4n) is 4.16. The summed E-state index contributed by atoms with van der Waals surface area (Å²) in [5.41, 5.74) is 2.05. The molecule has 3 heterocycles. The molecule has 10 nitrogen and oxygen atoms in total. The van der Waals surface area contributed by atoms with Crippen LogP contribution in [-0.4, -0.2) is 61.0 Å². The number of rotatable bonds is 9. The Morgan fingerprint density at radius 2 is 2.00 bits per heavy atom. The molecule has 0 radical (unpaired) electrons. The summed E-state index contributed by atoms with van der Waals surface area (Å²) in [7, 11) is 0. The second-order valence-corrected chi connectivity index (χ2v) is 10.1. The molecule has 1 aliphatic rings. The largest absolute Gasteiger partial charge is 0.463 e. The number of carbonyl (C=O) groups excluding carboxylic acids is 1. The minimum absolute atomic E-state index is 0.0961. The Balaban J connectivity index is 1.64. The molecule has 0 saturated carbocycles. The molecule has 1 fully saturated rings. The van der Waals surface area contributed by atoms with Crippen molar-refractivity contribution in [2.45, 2.75) is 71.6 Å². The lowest BCUT2D eigenvalue weighted by atomic mass is 10.0. The van der Waals surface area contributed by atoms with Crippen LogP contribution in [0.25, 0.3) is 5.65 Å². The van der Waals surface area contributed by atoms with E-state index >= 15 is 0 Å². The van der Waals surface area contributed by atoms with Gasteiger partial charge in [-0.2, -0.15) is 19.6 Å². The predicted octanol–water partition coefficient (Wildman–Crippen LogP) is 4.33. The number of unbranched alkanes of at least 4 members (excludes halogenated alkanes) is 1. The lowest BCUT2D eigenvalue weighted by Crippen LogP contribution is -2.28.